The zero-order valence-electron chi connectivity index (χ0n) is 8.30. The smallest absolute Gasteiger partial charge is 0.488 e. The maximum atomic E-state index is 5.81. The molecule has 13 heavy (non-hydrogen) atoms. The highest BCUT2D eigenvalue weighted by Crippen LogP contribution is 2.15. The van der Waals surface area contributed by atoms with Crippen LogP contribution in [0.5, 0.6) is 5.75 Å². The lowest BCUT2D eigenvalue weighted by molar-refractivity contribution is 0.131. The van der Waals surface area contributed by atoms with Gasteiger partial charge in [0, 0.05) is 0 Å². The molecule has 1 rings (SSSR count). The van der Waals surface area contributed by atoms with Gasteiger partial charge in [-0.05, 0) is 32.9 Å². The molecular formula is C10H13ClMgO. The van der Waals surface area contributed by atoms with Gasteiger partial charge in [0.05, 0.1) is 0 Å². The maximum absolute atomic E-state index is 5.81. The molecule has 0 saturated heterocycles. The van der Waals surface area contributed by atoms with Gasteiger partial charge in [0.1, 0.15) is 11.4 Å². The first-order valence-corrected chi connectivity index (χ1v) is 7.20. The van der Waals surface area contributed by atoms with Crippen molar-refractivity contribution in [3.63, 3.8) is 0 Å². The molecule has 0 aliphatic carbocycles. The maximum Gasteiger partial charge on any atom is 0.538 e. The fraction of sp³-hybridized carbons (Fsp3) is 0.400. The Bertz CT molecular complexity index is 263. The van der Waals surface area contributed by atoms with Crippen LogP contribution in [0.2, 0.25) is 0 Å². The second-order valence-corrected chi connectivity index (χ2v) is 5.88. The second-order valence-electron chi connectivity index (χ2n) is 3.99. The lowest BCUT2D eigenvalue weighted by Crippen LogP contribution is -2.23. The zero-order chi connectivity index (χ0) is 9.90. The van der Waals surface area contributed by atoms with Gasteiger partial charge in [-0.15, -0.1) is 3.69 Å². The number of benzene rings is 1. The molecule has 1 aromatic carbocycles. The fourth-order valence-corrected chi connectivity index (χ4v) is 1.95. The minimum atomic E-state index is -0.550. The van der Waals surface area contributed by atoms with E-state index in [1.807, 2.05) is 45.0 Å². The first kappa shape index (κ1) is 11.2. The Morgan fingerprint density at radius 2 is 1.69 bits per heavy atom. The third kappa shape index (κ3) is 4.20. The average Bonchev–Trinajstić information content (AvgIpc) is 2.03. The van der Waals surface area contributed by atoms with Crippen LogP contribution in [0.15, 0.2) is 24.3 Å². The van der Waals surface area contributed by atoms with E-state index in [9.17, 15) is 0 Å². The van der Waals surface area contributed by atoms with Crippen LogP contribution in [-0.2, 0) is 0 Å². The highest BCUT2D eigenvalue weighted by atomic mass is 35.5. The molecule has 0 heterocycles. The Labute approximate surface area is 92.9 Å². The summed E-state index contributed by atoms with van der Waals surface area (Å²) in [6.07, 6.45) is 0. The summed E-state index contributed by atoms with van der Waals surface area (Å²) >= 11 is -0.550. The van der Waals surface area contributed by atoms with Crippen molar-refractivity contribution >= 4 is 32.0 Å². The van der Waals surface area contributed by atoms with Crippen LogP contribution in [0, 0.1) is 0 Å². The summed E-state index contributed by atoms with van der Waals surface area (Å²) in [6, 6.07) is 8.05. The van der Waals surface area contributed by atoms with Crippen LogP contribution < -0.4 is 8.43 Å². The molecule has 0 fully saturated rings. The van der Waals surface area contributed by atoms with Crippen LogP contribution in [0.1, 0.15) is 20.8 Å². The van der Waals surface area contributed by atoms with E-state index < -0.39 is 19.3 Å². The lowest BCUT2D eigenvalue weighted by Gasteiger charge is -2.21. The molecule has 0 N–H and O–H groups in total. The SMILES string of the molecule is CC(C)(C)Oc1cc[c]([Mg][Cl])cc1. The third-order valence-electron chi connectivity index (χ3n) is 1.50. The predicted molar refractivity (Wildman–Crippen MR) is 58.1 cm³/mol. The molecule has 0 unspecified atom stereocenters. The Morgan fingerprint density at radius 1 is 1.15 bits per heavy atom. The highest BCUT2D eigenvalue weighted by molar-refractivity contribution is 7.01. The van der Waals surface area contributed by atoms with Crippen LogP contribution >= 0.6 is 9.07 Å². The second kappa shape index (κ2) is 4.53. The number of hydrogen-bond donors (Lipinski definition) is 0. The molecule has 0 spiro atoms. The van der Waals surface area contributed by atoms with Gasteiger partial charge in [-0.2, -0.15) is 0 Å². The van der Waals surface area contributed by atoms with Gasteiger partial charge < -0.3 is 13.8 Å². The average molecular weight is 209 g/mol. The van der Waals surface area contributed by atoms with Gasteiger partial charge in [0.2, 0.25) is 0 Å². The van der Waals surface area contributed by atoms with Crippen molar-refractivity contribution in [1.82, 2.24) is 0 Å². The van der Waals surface area contributed by atoms with E-state index in [2.05, 4.69) is 0 Å². The van der Waals surface area contributed by atoms with Gasteiger partial charge in [0.25, 0.3) is 0 Å². The topological polar surface area (TPSA) is 9.23 Å². The first-order valence-electron chi connectivity index (χ1n) is 4.35. The summed E-state index contributed by atoms with van der Waals surface area (Å²) in [5.41, 5.74) is -0.125. The molecule has 0 saturated carbocycles. The molecular weight excluding hydrogens is 196 g/mol. The molecule has 0 atom stereocenters. The molecule has 1 nitrogen and oxygen atoms in total. The number of rotatable bonds is 2. The number of ether oxygens (including phenoxy) is 1. The fourth-order valence-electron chi connectivity index (χ4n) is 1.00. The number of hydrogen-bond acceptors (Lipinski definition) is 1. The normalized spacial score (nSPS) is 10.8. The summed E-state index contributed by atoms with van der Waals surface area (Å²) in [7, 11) is 5.81. The Hall–Kier alpha value is 0.0762. The van der Waals surface area contributed by atoms with E-state index in [1.165, 1.54) is 3.69 Å². The van der Waals surface area contributed by atoms with Crippen molar-refractivity contribution in [2.75, 3.05) is 0 Å². The summed E-state index contributed by atoms with van der Waals surface area (Å²) in [5.74, 6) is 0.912. The Kier molecular flexibility index (Phi) is 3.89. The van der Waals surface area contributed by atoms with Crippen LogP contribution in [0.3, 0.4) is 0 Å². The van der Waals surface area contributed by atoms with Crippen molar-refractivity contribution < 1.29 is 4.74 Å². The molecule has 1 aromatic rings. The molecule has 0 amide bonds. The van der Waals surface area contributed by atoms with Gasteiger partial charge in [-0.25, -0.2) is 0 Å². The Balaban J connectivity index is 2.70. The minimum absolute atomic E-state index is 0.125. The van der Waals surface area contributed by atoms with E-state index in [0.29, 0.717) is 0 Å². The third-order valence-corrected chi connectivity index (χ3v) is 3.21. The van der Waals surface area contributed by atoms with Crippen LogP contribution in [0.4, 0.5) is 0 Å². The molecule has 3 heteroatoms. The van der Waals surface area contributed by atoms with Crippen LogP contribution in [-0.4, -0.2) is 24.9 Å². The molecule has 0 aliphatic heterocycles. The van der Waals surface area contributed by atoms with E-state index in [1.54, 1.807) is 0 Å². The first-order chi connectivity index (χ1) is 6.01. The number of halogens is 1. The summed E-state index contributed by atoms with van der Waals surface area (Å²) in [5, 5.41) is 0. The van der Waals surface area contributed by atoms with Crippen molar-refractivity contribution in [2.24, 2.45) is 0 Å². The van der Waals surface area contributed by atoms with Gasteiger partial charge in [-0.1, -0.05) is 12.1 Å². The highest BCUT2D eigenvalue weighted by Gasteiger charge is 2.11. The molecule has 0 aliphatic rings. The summed E-state index contributed by atoms with van der Waals surface area (Å²) in [6.45, 7) is 6.12. The van der Waals surface area contributed by atoms with Gasteiger partial charge in [0.15, 0.2) is 0 Å². The molecule has 0 radical (unpaired) electrons. The van der Waals surface area contributed by atoms with Gasteiger partial charge >= 0.3 is 19.3 Å². The van der Waals surface area contributed by atoms with Crippen molar-refractivity contribution in [3.05, 3.63) is 24.3 Å². The Morgan fingerprint density at radius 3 is 2.08 bits per heavy atom. The van der Waals surface area contributed by atoms with Crippen molar-refractivity contribution in [2.45, 2.75) is 26.4 Å². The standard InChI is InChI=1S/C10H13O.ClH.Mg/c1-10(2,3)11-9-7-5-4-6-8-9;;/h5-8H,1-3H3;1H;/q;;+1/p-1. The van der Waals surface area contributed by atoms with Gasteiger partial charge in [-0.3, -0.25) is 0 Å². The molecule has 0 bridgehead atoms. The molecule has 68 valence electrons. The van der Waals surface area contributed by atoms with E-state index >= 15 is 0 Å². The van der Waals surface area contributed by atoms with E-state index in [4.69, 9.17) is 13.8 Å². The monoisotopic (exact) mass is 208 g/mol. The molecule has 0 aromatic heterocycles. The summed E-state index contributed by atoms with van der Waals surface area (Å²) in [4.78, 5) is 0. The van der Waals surface area contributed by atoms with Crippen molar-refractivity contribution in [1.29, 1.82) is 0 Å². The minimum Gasteiger partial charge on any atom is -0.488 e. The van der Waals surface area contributed by atoms with E-state index in [-0.39, 0.29) is 5.60 Å². The van der Waals surface area contributed by atoms with Crippen molar-refractivity contribution in [3.8, 4) is 5.75 Å². The quantitative estimate of drug-likeness (QED) is 0.679. The zero-order valence-corrected chi connectivity index (χ0v) is 10.5. The lowest BCUT2D eigenvalue weighted by atomic mass is 10.2. The largest absolute Gasteiger partial charge is 0.538 e. The predicted octanol–water partition coefficient (Wildman–Crippen LogP) is 2.35. The van der Waals surface area contributed by atoms with Crippen LogP contribution in [0.25, 0.3) is 0 Å². The summed E-state index contributed by atoms with van der Waals surface area (Å²) < 4.78 is 6.93. The van der Waals surface area contributed by atoms with E-state index in [0.717, 1.165) is 5.75 Å².